The number of nitrogens with one attached hydrogen (secondary N) is 2. The molecule has 0 atom stereocenters. The van der Waals surface area contributed by atoms with Gasteiger partial charge in [-0.05, 0) is 24.7 Å². The van der Waals surface area contributed by atoms with Crippen LogP contribution in [-0.2, 0) is 19.5 Å². The molecular formula is C16H18N6. The monoisotopic (exact) mass is 294 g/mol. The first-order chi connectivity index (χ1) is 10.8. The van der Waals surface area contributed by atoms with Crippen LogP contribution in [0.1, 0.15) is 16.8 Å². The van der Waals surface area contributed by atoms with Crippen molar-refractivity contribution >= 4 is 16.9 Å². The van der Waals surface area contributed by atoms with Gasteiger partial charge in [-0.3, -0.25) is 4.98 Å². The van der Waals surface area contributed by atoms with Gasteiger partial charge in [0.2, 0.25) is 0 Å². The first kappa shape index (κ1) is 13.2. The SMILES string of the molecule is CN1CCc2[nH]c3c(NCc4ccncc4)ncnc3c2C1. The number of anilines is 1. The van der Waals surface area contributed by atoms with E-state index in [-0.39, 0.29) is 0 Å². The van der Waals surface area contributed by atoms with Crippen molar-refractivity contribution in [2.45, 2.75) is 19.5 Å². The molecule has 0 saturated heterocycles. The lowest BCUT2D eigenvalue weighted by Gasteiger charge is -2.21. The number of hydrogen-bond acceptors (Lipinski definition) is 5. The van der Waals surface area contributed by atoms with Crippen LogP contribution in [0.25, 0.3) is 11.0 Å². The van der Waals surface area contributed by atoms with E-state index in [9.17, 15) is 0 Å². The Morgan fingerprint density at radius 3 is 3.00 bits per heavy atom. The van der Waals surface area contributed by atoms with Gasteiger partial charge in [-0.2, -0.15) is 0 Å². The molecule has 0 unspecified atom stereocenters. The number of fused-ring (bicyclic) bond motifs is 3. The zero-order chi connectivity index (χ0) is 14.9. The van der Waals surface area contributed by atoms with E-state index in [0.29, 0.717) is 0 Å². The maximum Gasteiger partial charge on any atom is 0.154 e. The van der Waals surface area contributed by atoms with E-state index >= 15 is 0 Å². The number of pyridine rings is 1. The highest BCUT2D eigenvalue weighted by Gasteiger charge is 2.20. The minimum atomic E-state index is 0.720. The molecule has 112 valence electrons. The van der Waals surface area contributed by atoms with Crippen molar-refractivity contribution in [3.05, 3.63) is 47.7 Å². The third kappa shape index (κ3) is 2.31. The summed E-state index contributed by atoms with van der Waals surface area (Å²) in [6.45, 7) is 2.74. The van der Waals surface area contributed by atoms with Gasteiger partial charge in [-0.15, -0.1) is 0 Å². The normalized spacial score (nSPS) is 15.0. The Hall–Kier alpha value is -2.47. The molecule has 22 heavy (non-hydrogen) atoms. The van der Waals surface area contributed by atoms with Crippen molar-refractivity contribution in [2.75, 3.05) is 18.9 Å². The van der Waals surface area contributed by atoms with Gasteiger partial charge in [0.05, 0.1) is 5.52 Å². The van der Waals surface area contributed by atoms with Gasteiger partial charge in [-0.25, -0.2) is 9.97 Å². The second-order valence-corrected chi connectivity index (χ2v) is 5.72. The lowest BCUT2D eigenvalue weighted by molar-refractivity contribution is 0.313. The Morgan fingerprint density at radius 2 is 2.14 bits per heavy atom. The second-order valence-electron chi connectivity index (χ2n) is 5.72. The van der Waals surface area contributed by atoms with E-state index < -0.39 is 0 Å². The molecule has 6 heteroatoms. The Morgan fingerprint density at radius 1 is 1.27 bits per heavy atom. The summed E-state index contributed by atoms with van der Waals surface area (Å²) < 4.78 is 0. The fourth-order valence-corrected chi connectivity index (χ4v) is 2.96. The topological polar surface area (TPSA) is 69.7 Å². The molecule has 1 aliphatic heterocycles. The fraction of sp³-hybridized carbons (Fsp3) is 0.312. The van der Waals surface area contributed by atoms with Crippen LogP contribution >= 0.6 is 0 Å². The highest BCUT2D eigenvalue weighted by molar-refractivity contribution is 5.89. The molecule has 3 aromatic rings. The maximum atomic E-state index is 4.49. The molecule has 1 aliphatic rings. The molecule has 0 aliphatic carbocycles. The van der Waals surface area contributed by atoms with Crippen LogP contribution in [0, 0.1) is 0 Å². The lowest BCUT2D eigenvalue weighted by Crippen LogP contribution is -2.26. The smallest absolute Gasteiger partial charge is 0.154 e. The van der Waals surface area contributed by atoms with Crippen molar-refractivity contribution < 1.29 is 0 Å². The van der Waals surface area contributed by atoms with E-state index in [4.69, 9.17) is 0 Å². The van der Waals surface area contributed by atoms with Gasteiger partial charge in [0.1, 0.15) is 11.8 Å². The van der Waals surface area contributed by atoms with Crippen molar-refractivity contribution in [3.63, 3.8) is 0 Å². The van der Waals surface area contributed by atoms with Crippen LogP contribution in [0.15, 0.2) is 30.9 Å². The average molecular weight is 294 g/mol. The van der Waals surface area contributed by atoms with Crippen molar-refractivity contribution in [2.24, 2.45) is 0 Å². The van der Waals surface area contributed by atoms with Gasteiger partial charge in [-0.1, -0.05) is 0 Å². The van der Waals surface area contributed by atoms with Crippen LogP contribution in [0.4, 0.5) is 5.82 Å². The Labute approximate surface area is 128 Å². The predicted octanol–water partition coefficient (Wildman–Crippen LogP) is 1.95. The molecule has 3 aromatic heterocycles. The van der Waals surface area contributed by atoms with E-state index in [0.717, 1.165) is 42.9 Å². The summed E-state index contributed by atoms with van der Waals surface area (Å²) in [6.07, 6.45) is 6.28. The molecule has 0 spiro atoms. The van der Waals surface area contributed by atoms with Crippen molar-refractivity contribution in [3.8, 4) is 0 Å². The van der Waals surface area contributed by atoms with E-state index in [1.807, 2.05) is 12.1 Å². The largest absolute Gasteiger partial charge is 0.364 e. The Kier molecular flexibility index (Phi) is 3.23. The molecule has 0 radical (unpaired) electrons. The molecule has 0 amide bonds. The number of likely N-dealkylation sites (N-methyl/N-ethyl adjacent to an activating group) is 1. The number of aromatic nitrogens is 4. The maximum absolute atomic E-state index is 4.49. The zero-order valence-corrected chi connectivity index (χ0v) is 12.5. The molecule has 4 heterocycles. The van der Waals surface area contributed by atoms with Gasteiger partial charge in [0.15, 0.2) is 5.82 Å². The predicted molar refractivity (Wildman–Crippen MR) is 85.5 cm³/mol. The summed E-state index contributed by atoms with van der Waals surface area (Å²) in [5, 5.41) is 3.40. The number of aromatic amines is 1. The quantitative estimate of drug-likeness (QED) is 0.772. The third-order valence-electron chi connectivity index (χ3n) is 4.15. The first-order valence-electron chi connectivity index (χ1n) is 7.47. The third-order valence-corrected chi connectivity index (χ3v) is 4.15. The molecule has 0 fully saturated rings. The van der Waals surface area contributed by atoms with Crippen molar-refractivity contribution in [1.29, 1.82) is 0 Å². The highest BCUT2D eigenvalue weighted by atomic mass is 15.1. The number of nitrogens with zero attached hydrogens (tertiary/aromatic N) is 4. The summed E-state index contributed by atoms with van der Waals surface area (Å²) in [7, 11) is 2.14. The Bertz CT molecular complexity index is 795. The van der Waals surface area contributed by atoms with Gasteiger partial charge >= 0.3 is 0 Å². The standard InChI is InChI=1S/C16H18N6/c1-22-7-4-13-12(9-22)14-15(21-13)16(20-10-19-14)18-8-11-2-5-17-6-3-11/h2-3,5-6,10,21H,4,7-9H2,1H3,(H,18,19,20). The fourth-order valence-electron chi connectivity index (χ4n) is 2.96. The van der Waals surface area contributed by atoms with Crippen LogP contribution in [-0.4, -0.2) is 38.4 Å². The summed E-state index contributed by atoms with van der Waals surface area (Å²) >= 11 is 0. The van der Waals surface area contributed by atoms with E-state index in [2.05, 4.69) is 37.2 Å². The van der Waals surface area contributed by atoms with Crippen LogP contribution in [0.2, 0.25) is 0 Å². The lowest BCUT2D eigenvalue weighted by atomic mass is 10.1. The molecular weight excluding hydrogens is 276 g/mol. The molecule has 2 N–H and O–H groups in total. The van der Waals surface area contributed by atoms with Gasteiger partial charge in [0.25, 0.3) is 0 Å². The highest BCUT2D eigenvalue weighted by Crippen LogP contribution is 2.28. The van der Waals surface area contributed by atoms with E-state index in [1.54, 1.807) is 18.7 Å². The zero-order valence-electron chi connectivity index (χ0n) is 12.5. The molecule has 4 rings (SSSR count). The summed E-state index contributed by atoms with van der Waals surface area (Å²) in [5.41, 5.74) is 5.82. The molecule has 0 bridgehead atoms. The Balaban J connectivity index is 1.67. The average Bonchev–Trinajstić information content (AvgIpc) is 2.92. The van der Waals surface area contributed by atoms with Crippen LogP contribution in [0.3, 0.4) is 0 Å². The van der Waals surface area contributed by atoms with Gasteiger partial charge < -0.3 is 15.2 Å². The van der Waals surface area contributed by atoms with Gasteiger partial charge in [0, 0.05) is 49.7 Å². The minimum Gasteiger partial charge on any atom is -0.364 e. The van der Waals surface area contributed by atoms with Crippen LogP contribution < -0.4 is 5.32 Å². The minimum absolute atomic E-state index is 0.720. The summed E-state index contributed by atoms with van der Waals surface area (Å²) in [5.74, 6) is 0.860. The van der Waals surface area contributed by atoms with Crippen molar-refractivity contribution in [1.82, 2.24) is 24.8 Å². The molecule has 0 aromatic carbocycles. The van der Waals surface area contributed by atoms with Crippen LogP contribution in [0.5, 0.6) is 0 Å². The second kappa shape index (κ2) is 5.38. The molecule has 0 saturated carbocycles. The number of rotatable bonds is 3. The molecule has 6 nitrogen and oxygen atoms in total. The number of H-pyrrole nitrogens is 1. The summed E-state index contributed by atoms with van der Waals surface area (Å²) in [6, 6.07) is 4.00. The summed E-state index contributed by atoms with van der Waals surface area (Å²) in [4.78, 5) is 18.8. The van der Waals surface area contributed by atoms with E-state index in [1.165, 1.54) is 16.8 Å². The number of hydrogen-bond donors (Lipinski definition) is 2. The first-order valence-corrected chi connectivity index (χ1v) is 7.47.